The Hall–Kier alpha value is -2.46. The highest BCUT2D eigenvalue weighted by atomic mass is 32.2. The number of carbonyl (C=O) groups excluding carboxylic acids is 1. The maximum atomic E-state index is 12.1. The Kier molecular flexibility index (Phi) is 5.96. The molecule has 3 nitrogen and oxygen atoms in total. The molecule has 0 saturated heterocycles. The van der Waals surface area contributed by atoms with E-state index in [4.69, 9.17) is 4.74 Å². The standard InChI is InChI=1S/C21H21NO2S/c1-24-19-10-4-6-16(12-19)13-22-21(23)15-25-14-18-9-5-8-17-7-2-3-11-20(17)18/h2-12H,13-15H2,1H3,(H,22,23). The molecule has 25 heavy (non-hydrogen) atoms. The second-order valence-corrected chi connectivity index (χ2v) is 6.74. The maximum Gasteiger partial charge on any atom is 0.230 e. The zero-order valence-electron chi connectivity index (χ0n) is 14.2. The second-order valence-electron chi connectivity index (χ2n) is 5.76. The molecule has 0 fully saturated rings. The lowest BCUT2D eigenvalue weighted by molar-refractivity contribution is -0.118. The van der Waals surface area contributed by atoms with E-state index >= 15 is 0 Å². The van der Waals surface area contributed by atoms with Crippen LogP contribution in [0.3, 0.4) is 0 Å². The first-order valence-electron chi connectivity index (χ1n) is 8.20. The third-order valence-corrected chi connectivity index (χ3v) is 4.98. The van der Waals surface area contributed by atoms with Gasteiger partial charge in [-0.25, -0.2) is 0 Å². The Morgan fingerprint density at radius 3 is 2.72 bits per heavy atom. The van der Waals surface area contributed by atoms with Crippen LogP contribution in [-0.4, -0.2) is 18.8 Å². The van der Waals surface area contributed by atoms with Crippen molar-refractivity contribution in [2.24, 2.45) is 0 Å². The van der Waals surface area contributed by atoms with Crippen LogP contribution in [0.2, 0.25) is 0 Å². The van der Waals surface area contributed by atoms with Gasteiger partial charge in [0.25, 0.3) is 0 Å². The third kappa shape index (κ3) is 4.77. The number of carbonyl (C=O) groups is 1. The summed E-state index contributed by atoms with van der Waals surface area (Å²) in [5.74, 6) is 2.13. The minimum Gasteiger partial charge on any atom is -0.497 e. The molecule has 0 heterocycles. The number of hydrogen-bond acceptors (Lipinski definition) is 3. The smallest absolute Gasteiger partial charge is 0.230 e. The SMILES string of the molecule is COc1cccc(CNC(=O)CSCc2cccc3ccccc23)c1. The van der Waals surface area contributed by atoms with Gasteiger partial charge in [-0.3, -0.25) is 4.79 Å². The molecular formula is C21H21NO2S. The van der Waals surface area contributed by atoms with Gasteiger partial charge < -0.3 is 10.1 Å². The van der Waals surface area contributed by atoms with Crippen molar-refractivity contribution in [1.29, 1.82) is 0 Å². The van der Waals surface area contributed by atoms with Gasteiger partial charge in [-0.1, -0.05) is 54.6 Å². The van der Waals surface area contributed by atoms with Crippen LogP contribution < -0.4 is 10.1 Å². The van der Waals surface area contributed by atoms with E-state index in [-0.39, 0.29) is 5.91 Å². The minimum absolute atomic E-state index is 0.0491. The van der Waals surface area contributed by atoms with E-state index < -0.39 is 0 Å². The molecule has 1 N–H and O–H groups in total. The van der Waals surface area contributed by atoms with E-state index in [9.17, 15) is 4.79 Å². The number of ether oxygens (including phenoxy) is 1. The summed E-state index contributed by atoms with van der Waals surface area (Å²) in [6.07, 6.45) is 0. The molecule has 128 valence electrons. The topological polar surface area (TPSA) is 38.3 Å². The molecule has 0 aliphatic rings. The highest BCUT2D eigenvalue weighted by Gasteiger charge is 2.05. The first-order valence-corrected chi connectivity index (χ1v) is 9.36. The Balaban J connectivity index is 1.49. The van der Waals surface area contributed by atoms with Gasteiger partial charge in [0.2, 0.25) is 5.91 Å². The molecule has 0 spiro atoms. The summed E-state index contributed by atoms with van der Waals surface area (Å²) >= 11 is 1.64. The number of benzene rings is 3. The fourth-order valence-electron chi connectivity index (χ4n) is 2.71. The zero-order valence-corrected chi connectivity index (χ0v) is 15.0. The number of thioether (sulfide) groups is 1. The Bertz CT molecular complexity index is 858. The van der Waals surface area contributed by atoms with Crippen molar-refractivity contribution in [2.75, 3.05) is 12.9 Å². The molecule has 1 amide bonds. The van der Waals surface area contributed by atoms with E-state index in [1.807, 2.05) is 30.3 Å². The van der Waals surface area contributed by atoms with Gasteiger partial charge in [0.1, 0.15) is 5.75 Å². The van der Waals surface area contributed by atoms with Crippen LogP contribution in [-0.2, 0) is 17.1 Å². The Labute approximate surface area is 152 Å². The third-order valence-electron chi connectivity index (χ3n) is 3.99. The molecule has 0 aliphatic carbocycles. The average molecular weight is 351 g/mol. The first-order chi connectivity index (χ1) is 12.3. The van der Waals surface area contributed by atoms with Gasteiger partial charge in [-0.15, -0.1) is 11.8 Å². The largest absolute Gasteiger partial charge is 0.497 e. The van der Waals surface area contributed by atoms with E-state index in [2.05, 4.69) is 41.7 Å². The van der Waals surface area contributed by atoms with E-state index in [1.54, 1.807) is 18.9 Å². The summed E-state index contributed by atoms with van der Waals surface area (Å²) in [5.41, 5.74) is 2.30. The number of amides is 1. The van der Waals surface area contributed by atoms with Crippen molar-refractivity contribution in [3.63, 3.8) is 0 Å². The summed E-state index contributed by atoms with van der Waals surface area (Å²) in [5, 5.41) is 5.46. The number of nitrogens with one attached hydrogen (secondary N) is 1. The molecule has 0 atom stereocenters. The lowest BCUT2D eigenvalue weighted by Gasteiger charge is -2.08. The van der Waals surface area contributed by atoms with Crippen molar-refractivity contribution in [1.82, 2.24) is 5.32 Å². The van der Waals surface area contributed by atoms with Crippen molar-refractivity contribution < 1.29 is 9.53 Å². The summed E-state index contributed by atoms with van der Waals surface area (Å²) in [4.78, 5) is 12.1. The predicted octanol–water partition coefficient (Wildman–Crippen LogP) is 4.40. The molecule has 4 heteroatoms. The predicted molar refractivity (Wildman–Crippen MR) is 105 cm³/mol. The molecule has 0 radical (unpaired) electrons. The summed E-state index contributed by atoms with van der Waals surface area (Å²) < 4.78 is 5.19. The molecular weight excluding hydrogens is 330 g/mol. The average Bonchev–Trinajstić information content (AvgIpc) is 2.67. The van der Waals surface area contributed by atoms with Gasteiger partial charge in [0, 0.05) is 12.3 Å². The van der Waals surface area contributed by atoms with E-state index in [0.717, 1.165) is 17.1 Å². The lowest BCUT2D eigenvalue weighted by Crippen LogP contribution is -2.24. The molecule has 0 bridgehead atoms. The van der Waals surface area contributed by atoms with Crippen LogP contribution in [0.25, 0.3) is 10.8 Å². The highest BCUT2D eigenvalue weighted by molar-refractivity contribution is 7.99. The van der Waals surface area contributed by atoms with Crippen LogP contribution in [0.1, 0.15) is 11.1 Å². The molecule has 0 aromatic heterocycles. The van der Waals surface area contributed by atoms with Crippen LogP contribution in [0.5, 0.6) is 5.75 Å². The summed E-state index contributed by atoms with van der Waals surface area (Å²) in [6, 6.07) is 22.4. The highest BCUT2D eigenvalue weighted by Crippen LogP contribution is 2.22. The van der Waals surface area contributed by atoms with Crippen LogP contribution >= 0.6 is 11.8 Å². The van der Waals surface area contributed by atoms with Gasteiger partial charge in [0.15, 0.2) is 0 Å². The van der Waals surface area contributed by atoms with Gasteiger partial charge in [-0.05, 0) is 34.0 Å². The summed E-state index contributed by atoms with van der Waals surface area (Å²) in [6.45, 7) is 0.519. The van der Waals surface area contributed by atoms with Crippen molar-refractivity contribution >= 4 is 28.4 Å². The van der Waals surface area contributed by atoms with Crippen LogP contribution in [0, 0.1) is 0 Å². The van der Waals surface area contributed by atoms with Gasteiger partial charge in [-0.2, -0.15) is 0 Å². The zero-order chi connectivity index (χ0) is 17.5. The molecule has 3 rings (SSSR count). The number of methoxy groups -OCH3 is 1. The Morgan fingerprint density at radius 1 is 1.04 bits per heavy atom. The van der Waals surface area contributed by atoms with Crippen molar-refractivity contribution in [2.45, 2.75) is 12.3 Å². The number of hydrogen-bond donors (Lipinski definition) is 1. The minimum atomic E-state index is 0.0491. The molecule has 0 aliphatic heterocycles. The Morgan fingerprint density at radius 2 is 1.84 bits per heavy atom. The maximum absolute atomic E-state index is 12.1. The number of fused-ring (bicyclic) bond motifs is 1. The fourth-order valence-corrected chi connectivity index (χ4v) is 3.57. The van der Waals surface area contributed by atoms with E-state index in [1.165, 1.54) is 16.3 Å². The fraction of sp³-hybridized carbons (Fsp3) is 0.190. The quantitative estimate of drug-likeness (QED) is 0.686. The molecule has 3 aromatic rings. The van der Waals surface area contributed by atoms with Gasteiger partial charge >= 0.3 is 0 Å². The van der Waals surface area contributed by atoms with Crippen LogP contribution in [0.4, 0.5) is 0 Å². The first kappa shape index (κ1) is 17.4. The molecule has 3 aromatic carbocycles. The molecule has 0 unspecified atom stereocenters. The molecule has 0 saturated carbocycles. The normalized spacial score (nSPS) is 10.6. The summed E-state index contributed by atoms with van der Waals surface area (Å²) in [7, 11) is 1.64. The number of rotatable bonds is 7. The van der Waals surface area contributed by atoms with Crippen LogP contribution in [0.15, 0.2) is 66.7 Å². The van der Waals surface area contributed by atoms with Gasteiger partial charge in [0.05, 0.1) is 12.9 Å². The van der Waals surface area contributed by atoms with E-state index in [0.29, 0.717) is 12.3 Å². The van der Waals surface area contributed by atoms with Crippen molar-refractivity contribution in [3.8, 4) is 5.75 Å². The monoisotopic (exact) mass is 351 g/mol. The lowest BCUT2D eigenvalue weighted by atomic mass is 10.1. The second kappa shape index (κ2) is 8.58. The van der Waals surface area contributed by atoms with Crippen molar-refractivity contribution in [3.05, 3.63) is 77.9 Å².